The topological polar surface area (TPSA) is 60.7 Å². The smallest absolute Gasteiger partial charge is 0.115 e. The van der Waals surface area contributed by atoms with E-state index in [4.69, 9.17) is 0 Å². The molecular weight excluding hydrogens is 360 g/mol. The Kier molecular flexibility index (Phi) is 6.82. The van der Waals surface area contributed by atoms with Gasteiger partial charge in [0.25, 0.3) is 0 Å². The molecule has 0 bridgehead atoms. The molecule has 0 aromatic heterocycles. The SMILES string of the molecule is CC(CCc1ccc(O)cc1)(CCc1ccc(O)cc1)CCc1ccc(O)cc1. The molecule has 3 heteroatoms. The zero-order valence-electron chi connectivity index (χ0n) is 17.0. The molecule has 29 heavy (non-hydrogen) atoms. The lowest BCUT2D eigenvalue weighted by molar-refractivity contribution is 0.250. The van der Waals surface area contributed by atoms with Crippen molar-refractivity contribution in [2.45, 2.75) is 45.4 Å². The third-order valence-corrected chi connectivity index (χ3v) is 5.86. The molecule has 3 nitrogen and oxygen atoms in total. The maximum atomic E-state index is 9.51. The fraction of sp³-hybridized carbons (Fsp3) is 0.308. The minimum absolute atomic E-state index is 0.160. The first-order valence-electron chi connectivity index (χ1n) is 10.3. The highest BCUT2D eigenvalue weighted by atomic mass is 16.3. The summed E-state index contributed by atoms with van der Waals surface area (Å²) < 4.78 is 0. The van der Waals surface area contributed by atoms with Crippen molar-refractivity contribution in [3.8, 4) is 17.2 Å². The van der Waals surface area contributed by atoms with E-state index in [2.05, 4.69) is 6.92 Å². The van der Waals surface area contributed by atoms with Gasteiger partial charge in [0.2, 0.25) is 0 Å². The molecule has 152 valence electrons. The van der Waals surface area contributed by atoms with Gasteiger partial charge in [0, 0.05) is 0 Å². The summed E-state index contributed by atoms with van der Waals surface area (Å²) in [6, 6.07) is 22.5. The fourth-order valence-electron chi connectivity index (χ4n) is 3.70. The first-order valence-corrected chi connectivity index (χ1v) is 10.3. The van der Waals surface area contributed by atoms with Crippen molar-refractivity contribution in [2.75, 3.05) is 0 Å². The molecule has 0 saturated carbocycles. The summed E-state index contributed by atoms with van der Waals surface area (Å²) >= 11 is 0. The third-order valence-electron chi connectivity index (χ3n) is 5.86. The van der Waals surface area contributed by atoms with E-state index in [-0.39, 0.29) is 5.41 Å². The predicted octanol–water partition coefficient (Wildman–Crippen LogP) is 6.01. The highest BCUT2D eigenvalue weighted by molar-refractivity contribution is 5.28. The summed E-state index contributed by atoms with van der Waals surface area (Å²) in [5, 5.41) is 28.5. The van der Waals surface area contributed by atoms with Crippen molar-refractivity contribution in [3.63, 3.8) is 0 Å². The summed E-state index contributed by atoms with van der Waals surface area (Å²) in [5.74, 6) is 0.906. The van der Waals surface area contributed by atoms with E-state index < -0.39 is 0 Å². The van der Waals surface area contributed by atoms with Gasteiger partial charge in [-0.1, -0.05) is 43.3 Å². The number of hydrogen-bond donors (Lipinski definition) is 3. The Labute approximate surface area is 173 Å². The van der Waals surface area contributed by atoms with Crippen LogP contribution < -0.4 is 0 Å². The van der Waals surface area contributed by atoms with Gasteiger partial charge in [0.05, 0.1) is 0 Å². The lowest BCUT2D eigenvalue weighted by atomic mass is 9.75. The monoisotopic (exact) mass is 390 g/mol. The molecule has 3 N–H and O–H groups in total. The van der Waals surface area contributed by atoms with Crippen LogP contribution in [0.25, 0.3) is 0 Å². The van der Waals surface area contributed by atoms with Gasteiger partial charge < -0.3 is 15.3 Å². The van der Waals surface area contributed by atoms with Crippen molar-refractivity contribution < 1.29 is 15.3 Å². The standard InChI is InChI=1S/C26H30O3/c1-26(17-14-20-2-8-23(27)9-3-20,18-15-21-4-10-24(28)11-5-21)19-16-22-6-12-25(29)13-7-22/h2-13,27-29H,14-19H2,1H3. The highest BCUT2D eigenvalue weighted by Crippen LogP contribution is 2.35. The van der Waals surface area contributed by atoms with E-state index in [1.54, 1.807) is 36.4 Å². The summed E-state index contributed by atoms with van der Waals surface area (Å²) in [6.45, 7) is 2.36. The fourth-order valence-corrected chi connectivity index (χ4v) is 3.70. The number of benzene rings is 3. The van der Waals surface area contributed by atoms with Crippen LogP contribution in [-0.2, 0) is 19.3 Å². The number of hydrogen-bond acceptors (Lipinski definition) is 3. The van der Waals surface area contributed by atoms with Crippen molar-refractivity contribution in [3.05, 3.63) is 89.5 Å². The normalized spacial score (nSPS) is 11.5. The van der Waals surface area contributed by atoms with Crippen LogP contribution >= 0.6 is 0 Å². The Morgan fingerprint density at radius 2 is 0.724 bits per heavy atom. The molecule has 0 fully saturated rings. The molecule has 0 spiro atoms. The molecule has 3 rings (SSSR count). The van der Waals surface area contributed by atoms with E-state index >= 15 is 0 Å². The Morgan fingerprint density at radius 3 is 0.966 bits per heavy atom. The summed E-state index contributed by atoms with van der Waals surface area (Å²) in [6.07, 6.45) is 6.11. The van der Waals surface area contributed by atoms with Crippen LogP contribution in [0.2, 0.25) is 0 Å². The maximum absolute atomic E-state index is 9.51. The first-order chi connectivity index (χ1) is 13.9. The second kappa shape index (κ2) is 9.51. The van der Waals surface area contributed by atoms with E-state index in [0.29, 0.717) is 17.2 Å². The molecule has 3 aromatic carbocycles. The average Bonchev–Trinajstić information content (AvgIpc) is 2.73. The predicted molar refractivity (Wildman–Crippen MR) is 117 cm³/mol. The zero-order chi connectivity index (χ0) is 20.7. The number of rotatable bonds is 9. The van der Waals surface area contributed by atoms with Crippen LogP contribution in [0.5, 0.6) is 17.2 Å². The van der Waals surface area contributed by atoms with Crippen LogP contribution in [0.1, 0.15) is 42.9 Å². The number of phenolic OH excluding ortho intramolecular Hbond substituents is 3. The summed E-state index contributed by atoms with van der Waals surface area (Å²) in [4.78, 5) is 0. The number of aromatic hydroxyl groups is 3. The molecule has 0 aliphatic rings. The molecule has 0 unspecified atom stereocenters. The molecule has 0 saturated heterocycles. The number of phenols is 3. The molecule has 0 aliphatic carbocycles. The Bertz CT molecular complexity index is 760. The second-order valence-corrected chi connectivity index (χ2v) is 8.31. The number of aryl methyl sites for hydroxylation is 3. The Balaban J connectivity index is 1.66. The Hall–Kier alpha value is -2.94. The zero-order valence-corrected chi connectivity index (χ0v) is 17.0. The van der Waals surface area contributed by atoms with Crippen LogP contribution in [0.15, 0.2) is 72.8 Å². The van der Waals surface area contributed by atoms with Gasteiger partial charge >= 0.3 is 0 Å². The quantitative estimate of drug-likeness (QED) is 0.419. The molecule has 3 aromatic rings. The van der Waals surface area contributed by atoms with Gasteiger partial charge in [-0.25, -0.2) is 0 Å². The average molecular weight is 391 g/mol. The maximum Gasteiger partial charge on any atom is 0.115 e. The van der Waals surface area contributed by atoms with Crippen molar-refractivity contribution in [1.29, 1.82) is 0 Å². The van der Waals surface area contributed by atoms with Gasteiger partial charge in [0.1, 0.15) is 17.2 Å². The molecule has 0 atom stereocenters. The van der Waals surface area contributed by atoms with Crippen molar-refractivity contribution >= 4 is 0 Å². The lowest BCUT2D eigenvalue weighted by Gasteiger charge is -2.30. The minimum atomic E-state index is 0.160. The molecule has 0 heterocycles. The van der Waals surface area contributed by atoms with E-state index in [1.165, 1.54) is 16.7 Å². The van der Waals surface area contributed by atoms with E-state index in [1.807, 2.05) is 36.4 Å². The molecule has 0 radical (unpaired) electrons. The third kappa shape index (κ3) is 6.56. The van der Waals surface area contributed by atoms with Gasteiger partial charge in [0.15, 0.2) is 0 Å². The van der Waals surface area contributed by atoms with E-state index in [0.717, 1.165) is 38.5 Å². The van der Waals surface area contributed by atoms with Crippen LogP contribution in [0.3, 0.4) is 0 Å². The van der Waals surface area contributed by atoms with Crippen molar-refractivity contribution in [2.24, 2.45) is 5.41 Å². The highest BCUT2D eigenvalue weighted by Gasteiger charge is 2.24. The minimum Gasteiger partial charge on any atom is -0.508 e. The van der Waals surface area contributed by atoms with Gasteiger partial charge in [-0.3, -0.25) is 0 Å². The molecule has 0 aliphatic heterocycles. The largest absolute Gasteiger partial charge is 0.508 e. The van der Waals surface area contributed by atoms with Gasteiger partial charge in [-0.2, -0.15) is 0 Å². The van der Waals surface area contributed by atoms with Crippen LogP contribution in [0, 0.1) is 5.41 Å². The first kappa shape index (κ1) is 20.8. The van der Waals surface area contributed by atoms with Crippen LogP contribution in [0.4, 0.5) is 0 Å². The van der Waals surface area contributed by atoms with E-state index in [9.17, 15) is 15.3 Å². The Morgan fingerprint density at radius 1 is 0.483 bits per heavy atom. The lowest BCUT2D eigenvalue weighted by Crippen LogP contribution is -2.20. The molecular formula is C26H30O3. The van der Waals surface area contributed by atoms with Crippen LogP contribution in [-0.4, -0.2) is 15.3 Å². The summed E-state index contributed by atoms with van der Waals surface area (Å²) in [5.41, 5.74) is 3.88. The van der Waals surface area contributed by atoms with Gasteiger partial charge in [-0.15, -0.1) is 0 Å². The summed E-state index contributed by atoms with van der Waals surface area (Å²) in [7, 11) is 0. The van der Waals surface area contributed by atoms with Gasteiger partial charge in [-0.05, 0) is 97.0 Å². The van der Waals surface area contributed by atoms with Crippen molar-refractivity contribution in [1.82, 2.24) is 0 Å². The second-order valence-electron chi connectivity index (χ2n) is 8.31. The molecule has 0 amide bonds.